The van der Waals surface area contributed by atoms with Gasteiger partial charge in [0.1, 0.15) is 11.5 Å². The van der Waals surface area contributed by atoms with E-state index in [2.05, 4.69) is 15.3 Å². The normalized spacial score (nSPS) is 15.4. The number of hydrogen-bond donors (Lipinski definition) is 1. The van der Waals surface area contributed by atoms with Gasteiger partial charge >= 0.3 is 0 Å². The largest absolute Gasteiger partial charge is 0.378 e. The highest BCUT2D eigenvalue weighted by molar-refractivity contribution is 5.93. The molecular formula is C22H26FN5O2. The fourth-order valence-electron chi connectivity index (χ4n) is 3.86. The molecule has 0 spiro atoms. The average Bonchev–Trinajstić information content (AvgIpc) is 3.02. The summed E-state index contributed by atoms with van der Waals surface area (Å²) < 4.78 is 21.1. The Kier molecular flexibility index (Phi) is 5.67. The minimum atomic E-state index is -0.265. The topological polar surface area (TPSA) is 72.3 Å². The van der Waals surface area contributed by atoms with Crippen molar-refractivity contribution in [2.75, 3.05) is 31.2 Å². The van der Waals surface area contributed by atoms with Gasteiger partial charge in [-0.25, -0.2) is 14.4 Å². The van der Waals surface area contributed by atoms with Crippen LogP contribution in [0.25, 0.3) is 10.9 Å². The number of amides is 1. The third kappa shape index (κ3) is 4.28. The molecule has 1 atom stereocenters. The van der Waals surface area contributed by atoms with Crippen molar-refractivity contribution in [2.45, 2.75) is 26.3 Å². The summed E-state index contributed by atoms with van der Waals surface area (Å²) in [5.41, 5.74) is 3.05. The summed E-state index contributed by atoms with van der Waals surface area (Å²) in [4.78, 5) is 23.8. The van der Waals surface area contributed by atoms with E-state index in [4.69, 9.17) is 4.74 Å². The lowest BCUT2D eigenvalue weighted by molar-refractivity contribution is 0.0934. The van der Waals surface area contributed by atoms with E-state index >= 15 is 0 Å². The van der Waals surface area contributed by atoms with Gasteiger partial charge in [-0.3, -0.25) is 4.79 Å². The van der Waals surface area contributed by atoms with Gasteiger partial charge in [0.25, 0.3) is 5.91 Å². The summed E-state index contributed by atoms with van der Waals surface area (Å²) in [7, 11) is 1.93. The van der Waals surface area contributed by atoms with E-state index in [1.54, 1.807) is 18.2 Å². The van der Waals surface area contributed by atoms with Crippen LogP contribution in [0, 0.1) is 12.7 Å². The fourth-order valence-corrected chi connectivity index (χ4v) is 3.86. The van der Waals surface area contributed by atoms with E-state index in [9.17, 15) is 9.18 Å². The maximum atomic E-state index is 13.7. The molecule has 1 aliphatic heterocycles. The maximum Gasteiger partial charge on any atom is 0.270 e. The van der Waals surface area contributed by atoms with Crippen LogP contribution in [0.1, 0.15) is 28.7 Å². The summed E-state index contributed by atoms with van der Waals surface area (Å²) >= 11 is 0. The summed E-state index contributed by atoms with van der Waals surface area (Å²) in [6.07, 6.45) is 2.57. The molecule has 0 aliphatic carbocycles. The van der Waals surface area contributed by atoms with E-state index in [0.29, 0.717) is 44.4 Å². The summed E-state index contributed by atoms with van der Waals surface area (Å²) in [5.74, 6) is 0.0494. The number of carbonyl (C=O) groups is 1. The van der Waals surface area contributed by atoms with Crippen molar-refractivity contribution in [1.82, 2.24) is 19.9 Å². The monoisotopic (exact) mass is 411 g/mol. The molecular weight excluding hydrogens is 385 g/mol. The second-order valence-corrected chi connectivity index (χ2v) is 7.80. The molecule has 0 unspecified atom stereocenters. The van der Waals surface area contributed by atoms with Crippen LogP contribution in [0.4, 0.5) is 10.3 Å². The van der Waals surface area contributed by atoms with Crippen molar-refractivity contribution in [3.05, 3.63) is 53.2 Å². The number of anilines is 1. The molecule has 0 bridgehead atoms. The number of nitrogens with zero attached hydrogens (tertiary/aromatic N) is 4. The first-order valence-corrected chi connectivity index (χ1v) is 10.1. The molecule has 1 saturated heterocycles. The Balaban J connectivity index is 1.49. The van der Waals surface area contributed by atoms with E-state index in [1.807, 2.05) is 36.6 Å². The molecule has 158 valence electrons. The summed E-state index contributed by atoms with van der Waals surface area (Å²) in [5, 5.41) is 3.88. The summed E-state index contributed by atoms with van der Waals surface area (Å²) in [6, 6.07) is 6.32. The van der Waals surface area contributed by atoms with Crippen molar-refractivity contribution in [3.8, 4) is 0 Å². The zero-order valence-corrected chi connectivity index (χ0v) is 17.5. The third-order valence-corrected chi connectivity index (χ3v) is 5.31. The highest BCUT2D eigenvalue weighted by atomic mass is 19.1. The van der Waals surface area contributed by atoms with Crippen molar-refractivity contribution < 1.29 is 13.9 Å². The molecule has 1 N–H and O–H groups in total. The highest BCUT2D eigenvalue weighted by Crippen LogP contribution is 2.23. The lowest BCUT2D eigenvalue weighted by atomic mass is 10.1. The molecule has 30 heavy (non-hydrogen) atoms. The second-order valence-electron chi connectivity index (χ2n) is 7.80. The van der Waals surface area contributed by atoms with Gasteiger partial charge in [-0.2, -0.15) is 0 Å². The number of benzene rings is 1. The number of aromatic nitrogens is 3. The number of nitrogens with one attached hydrogen (secondary N) is 1. The van der Waals surface area contributed by atoms with Crippen molar-refractivity contribution in [3.63, 3.8) is 0 Å². The SMILES string of the molecule is Cc1cc(C(=O)N[C@@H](C)Cc2cn(C)c3ccc(F)cc23)nc(N2CCOCC2)n1. The van der Waals surface area contributed by atoms with Gasteiger partial charge < -0.3 is 19.5 Å². The van der Waals surface area contributed by atoms with Crippen LogP contribution >= 0.6 is 0 Å². The van der Waals surface area contributed by atoms with Gasteiger partial charge in [0.15, 0.2) is 0 Å². The Morgan fingerprint density at radius 2 is 2.03 bits per heavy atom. The fraction of sp³-hybridized carbons (Fsp3) is 0.409. The number of carbonyl (C=O) groups excluding carboxylic acids is 1. The van der Waals surface area contributed by atoms with Crippen LogP contribution in [0.5, 0.6) is 0 Å². The van der Waals surface area contributed by atoms with Crippen LogP contribution in [0.2, 0.25) is 0 Å². The van der Waals surface area contributed by atoms with Crippen LogP contribution in [0.15, 0.2) is 30.5 Å². The minimum absolute atomic E-state index is 0.145. The van der Waals surface area contributed by atoms with Gasteiger partial charge in [0.05, 0.1) is 13.2 Å². The van der Waals surface area contributed by atoms with Crippen LogP contribution in [0.3, 0.4) is 0 Å². The minimum Gasteiger partial charge on any atom is -0.378 e. The Morgan fingerprint density at radius 1 is 1.27 bits per heavy atom. The molecule has 1 aromatic carbocycles. The van der Waals surface area contributed by atoms with Gasteiger partial charge in [0.2, 0.25) is 5.95 Å². The van der Waals surface area contributed by atoms with E-state index in [-0.39, 0.29) is 17.8 Å². The molecule has 1 amide bonds. The average molecular weight is 411 g/mol. The molecule has 2 aromatic heterocycles. The van der Waals surface area contributed by atoms with Gasteiger partial charge in [-0.15, -0.1) is 0 Å². The lowest BCUT2D eigenvalue weighted by Gasteiger charge is -2.27. The van der Waals surface area contributed by atoms with Gasteiger partial charge in [-0.05, 0) is 50.1 Å². The van der Waals surface area contributed by atoms with Crippen molar-refractivity contribution in [2.24, 2.45) is 7.05 Å². The zero-order chi connectivity index (χ0) is 21.3. The van der Waals surface area contributed by atoms with E-state index < -0.39 is 0 Å². The Hall–Kier alpha value is -3.00. The predicted molar refractivity (Wildman–Crippen MR) is 113 cm³/mol. The number of aryl methyl sites for hydroxylation is 2. The van der Waals surface area contributed by atoms with Gasteiger partial charge in [-0.1, -0.05) is 0 Å². The molecule has 0 saturated carbocycles. The third-order valence-electron chi connectivity index (χ3n) is 5.31. The number of rotatable bonds is 5. The molecule has 4 rings (SSSR count). The van der Waals surface area contributed by atoms with Gasteiger partial charge in [0, 0.05) is 49.0 Å². The van der Waals surface area contributed by atoms with Crippen molar-refractivity contribution in [1.29, 1.82) is 0 Å². The second kappa shape index (κ2) is 8.39. The molecule has 3 aromatic rings. The number of halogens is 1. The van der Waals surface area contributed by atoms with Crippen LogP contribution in [-0.4, -0.2) is 52.8 Å². The Morgan fingerprint density at radius 3 is 2.80 bits per heavy atom. The van der Waals surface area contributed by atoms with E-state index in [1.165, 1.54) is 6.07 Å². The molecule has 3 heterocycles. The first-order valence-electron chi connectivity index (χ1n) is 10.1. The molecule has 1 fully saturated rings. The zero-order valence-electron chi connectivity index (χ0n) is 17.5. The molecule has 7 nitrogen and oxygen atoms in total. The van der Waals surface area contributed by atoms with Crippen LogP contribution in [-0.2, 0) is 18.2 Å². The van der Waals surface area contributed by atoms with Crippen molar-refractivity contribution >= 4 is 22.8 Å². The standard InChI is InChI=1S/C22H26FN5O2/c1-14(10-16-13-27(3)20-5-4-17(23)12-18(16)20)24-21(29)19-11-15(2)25-22(26-19)28-6-8-30-9-7-28/h4-5,11-14H,6-10H2,1-3H3,(H,24,29)/t14-/m0/s1. The summed E-state index contributed by atoms with van der Waals surface area (Å²) in [6.45, 7) is 6.46. The Bertz CT molecular complexity index is 1070. The first kappa shape index (κ1) is 20.3. The number of fused-ring (bicyclic) bond motifs is 1. The Labute approximate surface area is 174 Å². The smallest absolute Gasteiger partial charge is 0.270 e. The van der Waals surface area contributed by atoms with E-state index in [0.717, 1.165) is 22.2 Å². The molecule has 1 aliphatic rings. The lowest BCUT2D eigenvalue weighted by Crippen LogP contribution is -2.38. The molecule has 8 heteroatoms. The highest BCUT2D eigenvalue weighted by Gasteiger charge is 2.19. The predicted octanol–water partition coefficient (Wildman–Crippen LogP) is 2.61. The quantitative estimate of drug-likeness (QED) is 0.699. The first-order chi connectivity index (χ1) is 14.4. The maximum absolute atomic E-state index is 13.7. The number of hydrogen-bond acceptors (Lipinski definition) is 5. The number of ether oxygens (including phenoxy) is 1. The number of morpholine rings is 1. The molecule has 0 radical (unpaired) electrons. The van der Waals surface area contributed by atoms with Crippen LogP contribution < -0.4 is 10.2 Å².